The lowest BCUT2D eigenvalue weighted by Crippen LogP contribution is -2.34. The lowest BCUT2D eigenvalue weighted by Gasteiger charge is -2.17. The van der Waals surface area contributed by atoms with Gasteiger partial charge in [0.05, 0.1) is 6.04 Å². The van der Waals surface area contributed by atoms with Crippen molar-refractivity contribution in [2.45, 2.75) is 25.9 Å². The molecule has 1 amide bonds. The van der Waals surface area contributed by atoms with E-state index in [1.807, 2.05) is 55.5 Å². The van der Waals surface area contributed by atoms with Gasteiger partial charge in [0.15, 0.2) is 0 Å². The third-order valence-electron chi connectivity index (χ3n) is 4.82. The van der Waals surface area contributed by atoms with E-state index in [-0.39, 0.29) is 11.9 Å². The summed E-state index contributed by atoms with van der Waals surface area (Å²) in [6.45, 7) is 3.73. The fraction of sp³-hybridized carbons (Fsp3) is 0.182. The largest absolute Gasteiger partial charge is 0.348 e. The van der Waals surface area contributed by atoms with Gasteiger partial charge in [0.1, 0.15) is 6.04 Å². The maximum absolute atomic E-state index is 12.7. The molecular weight excluding hydrogens is 350 g/mol. The molecule has 28 heavy (non-hydrogen) atoms. The van der Waals surface area contributed by atoms with E-state index >= 15 is 0 Å². The molecule has 4 rings (SSSR count). The highest BCUT2D eigenvalue weighted by atomic mass is 16.2. The predicted molar refractivity (Wildman–Crippen MR) is 108 cm³/mol. The number of hydrogen-bond acceptors (Lipinski definition) is 4. The first-order chi connectivity index (χ1) is 13.6. The van der Waals surface area contributed by atoms with Crippen molar-refractivity contribution in [3.63, 3.8) is 0 Å². The number of hydrogen-bond donors (Lipinski definition) is 1. The van der Waals surface area contributed by atoms with Crippen LogP contribution in [0.4, 0.5) is 0 Å². The predicted octanol–water partition coefficient (Wildman–Crippen LogP) is 3.93. The molecule has 6 nitrogen and oxygen atoms in total. The van der Waals surface area contributed by atoms with Gasteiger partial charge in [0, 0.05) is 5.56 Å². The summed E-state index contributed by atoms with van der Waals surface area (Å²) in [5.41, 5.74) is 1.92. The zero-order valence-corrected chi connectivity index (χ0v) is 15.8. The summed E-state index contributed by atoms with van der Waals surface area (Å²) in [7, 11) is 0. The van der Waals surface area contributed by atoms with Gasteiger partial charge in [0.25, 0.3) is 0 Å². The molecule has 1 heterocycles. The first-order valence-electron chi connectivity index (χ1n) is 9.26. The minimum atomic E-state index is -0.562. The number of nitrogens with zero attached hydrogens (tertiary/aromatic N) is 4. The molecule has 0 radical (unpaired) electrons. The van der Waals surface area contributed by atoms with Gasteiger partial charge in [0.2, 0.25) is 11.7 Å². The van der Waals surface area contributed by atoms with Gasteiger partial charge < -0.3 is 5.32 Å². The Morgan fingerprint density at radius 2 is 1.64 bits per heavy atom. The van der Waals surface area contributed by atoms with Crippen LogP contribution in [-0.4, -0.2) is 26.1 Å². The molecule has 6 heteroatoms. The highest BCUT2D eigenvalue weighted by molar-refractivity contribution is 5.84. The van der Waals surface area contributed by atoms with Crippen LogP contribution < -0.4 is 5.32 Å². The van der Waals surface area contributed by atoms with Crippen molar-refractivity contribution in [3.05, 3.63) is 78.4 Å². The maximum atomic E-state index is 12.7. The first kappa shape index (κ1) is 17.9. The van der Waals surface area contributed by atoms with Crippen LogP contribution in [0.15, 0.2) is 72.8 Å². The maximum Gasteiger partial charge on any atom is 0.246 e. The van der Waals surface area contributed by atoms with E-state index in [9.17, 15) is 4.79 Å². The molecule has 2 unspecified atom stereocenters. The van der Waals surface area contributed by atoms with Crippen molar-refractivity contribution < 1.29 is 4.79 Å². The minimum absolute atomic E-state index is 0.128. The van der Waals surface area contributed by atoms with Gasteiger partial charge in [-0.05, 0) is 41.5 Å². The average Bonchev–Trinajstić information content (AvgIpc) is 3.23. The van der Waals surface area contributed by atoms with E-state index in [2.05, 4.69) is 45.0 Å². The number of carbonyl (C=O) groups is 1. The second-order valence-electron chi connectivity index (χ2n) is 6.81. The van der Waals surface area contributed by atoms with E-state index < -0.39 is 6.04 Å². The number of amides is 1. The molecule has 0 aliphatic heterocycles. The molecule has 2 atom stereocenters. The number of tetrazole rings is 1. The summed E-state index contributed by atoms with van der Waals surface area (Å²) >= 11 is 0. The van der Waals surface area contributed by atoms with Crippen LogP contribution in [0.5, 0.6) is 0 Å². The quantitative estimate of drug-likeness (QED) is 0.577. The van der Waals surface area contributed by atoms with Gasteiger partial charge >= 0.3 is 0 Å². The van der Waals surface area contributed by atoms with E-state index in [1.165, 1.54) is 10.2 Å². The lowest BCUT2D eigenvalue weighted by atomic mass is 10.0. The van der Waals surface area contributed by atoms with Crippen LogP contribution in [0.25, 0.3) is 22.2 Å². The normalized spacial score (nSPS) is 13.2. The molecular formula is C22H21N5O. The second kappa shape index (κ2) is 7.60. The first-order valence-corrected chi connectivity index (χ1v) is 9.26. The van der Waals surface area contributed by atoms with Crippen molar-refractivity contribution in [2.24, 2.45) is 0 Å². The topological polar surface area (TPSA) is 72.7 Å². The van der Waals surface area contributed by atoms with Crippen molar-refractivity contribution in [3.8, 4) is 11.4 Å². The van der Waals surface area contributed by atoms with Gasteiger partial charge in [-0.15, -0.1) is 10.2 Å². The van der Waals surface area contributed by atoms with Crippen LogP contribution in [0.2, 0.25) is 0 Å². The lowest BCUT2D eigenvalue weighted by molar-refractivity contribution is -0.125. The Balaban J connectivity index is 1.47. The Morgan fingerprint density at radius 1 is 0.929 bits per heavy atom. The Hall–Kier alpha value is -3.54. The summed E-state index contributed by atoms with van der Waals surface area (Å²) in [6, 6.07) is 23.3. The van der Waals surface area contributed by atoms with E-state index in [0.717, 1.165) is 16.5 Å². The zero-order valence-electron chi connectivity index (χ0n) is 15.8. The standard InChI is InChI=1S/C22H21N5O/c1-15(19-13-12-17-8-6-7-11-20(17)14-19)23-22(28)16(2)27-25-21(24-26-27)18-9-4-3-5-10-18/h3-16H,1-2H3,(H,23,28). The Labute approximate surface area is 163 Å². The van der Waals surface area contributed by atoms with Crippen molar-refractivity contribution in [2.75, 3.05) is 0 Å². The van der Waals surface area contributed by atoms with Crippen LogP contribution in [0.3, 0.4) is 0 Å². The van der Waals surface area contributed by atoms with Gasteiger partial charge in [-0.2, -0.15) is 4.80 Å². The number of fused-ring (bicyclic) bond motifs is 1. The van der Waals surface area contributed by atoms with Crippen molar-refractivity contribution in [1.29, 1.82) is 0 Å². The number of benzene rings is 3. The minimum Gasteiger partial charge on any atom is -0.348 e. The fourth-order valence-electron chi connectivity index (χ4n) is 3.09. The molecule has 0 saturated carbocycles. The Morgan fingerprint density at radius 3 is 2.43 bits per heavy atom. The van der Waals surface area contributed by atoms with Crippen molar-refractivity contribution >= 4 is 16.7 Å². The third-order valence-corrected chi connectivity index (χ3v) is 4.82. The SMILES string of the molecule is CC(NC(=O)C(C)n1nnc(-c2ccccc2)n1)c1ccc2ccccc2c1. The molecule has 1 aromatic heterocycles. The third kappa shape index (κ3) is 3.62. The molecule has 0 bridgehead atoms. The van der Waals surface area contributed by atoms with Gasteiger partial charge in [-0.1, -0.05) is 66.7 Å². The number of rotatable bonds is 5. The van der Waals surface area contributed by atoms with Gasteiger partial charge in [-0.3, -0.25) is 4.79 Å². The molecule has 0 saturated heterocycles. The molecule has 0 aliphatic carbocycles. The molecule has 140 valence electrons. The zero-order chi connectivity index (χ0) is 19.5. The van der Waals surface area contributed by atoms with E-state index in [4.69, 9.17) is 0 Å². The molecule has 3 aromatic carbocycles. The summed E-state index contributed by atoms with van der Waals surface area (Å²) in [5, 5.41) is 17.8. The molecule has 1 N–H and O–H groups in total. The highest BCUT2D eigenvalue weighted by Crippen LogP contribution is 2.21. The van der Waals surface area contributed by atoms with Crippen LogP contribution in [0, 0.1) is 0 Å². The molecule has 4 aromatic rings. The monoisotopic (exact) mass is 371 g/mol. The smallest absolute Gasteiger partial charge is 0.246 e. The summed E-state index contributed by atoms with van der Waals surface area (Å²) in [4.78, 5) is 14.0. The summed E-state index contributed by atoms with van der Waals surface area (Å²) in [6.07, 6.45) is 0. The van der Waals surface area contributed by atoms with E-state index in [1.54, 1.807) is 6.92 Å². The molecule has 0 aliphatic rings. The molecule has 0 fully saturated rings. The number of nitrogens with one attached hydrogen (secondary N) is 1. The van der Waals surface area contributed by atoms with Gasteiger partial charge in [-0.25, -0.2) is 0 Å². The number of carbonyl (C=O) groups excluding carboxylic acids is 1. The Bertz CT molecular complexity index is 1110. The Kier molecular flexibility index (Phi) is 4.85. The molecule has 0 spiro atoms. The second-order valence-corrected chi connectivity index (χ2v) is 6.81. The summed E-state index contributed by atoms with van der Waals surface area (Å²) in [5.74, 6) is 0.348. The average molecular weight is 371 g/mol. The number of aromatic nitrogens is 4. The van der Waals surface area contributed by atoms with Crippen LogP contribution >= 0.6 is 0 Å². The van der Waals surface area contributed by atoms with Crippen LogP contribution in [-0.2, 0) is 4.79 Å². The summed E-state index contributed by atoms with van der Waals surface area (Å²) < 4.78 is 0. The van der Waals surface area contributed by atoms with Crippen molar-refractivity contribution in [1.82, 2.24) is 25.5 Å². The fourth-order valence-corrected chi connectivity index (χ4v) is 3.09. The van der Waals surface area contributed by atoms with Crippen LogP contribution in [0.1, 0.15) is 31.5 Å². The highest BCUT2D eigenvalue weighted by Gasteiger charge is 2.21. The van der Waals surface area contributed by atoms with E-state index in [0.29, 0.717) is 5.82 Å².